The van der Waals surface area contributed by atoms with Gasteiger partial charge in [0.15, 0.2) is 11.5 Å². The molecule has 2 heterocycles. The van der Waals surface area contributed by atoms with Crippen LogP contribution in [0, 0.1) is 5.92 Å². The van der Waals surface area contributed by atoms with Gasteiger partial charge in [0.2, 0.25) is 0 Å². The van der Waals surface area contributed by atoms with Crippen molar-refractivity contribution < 1.29 is 9.47 Å². The van der Waals surface area contributed by atoms with E-state index in [0.717, 1.165) is 17.4 Å². The SMILES string of the molecule is COc1ccc2c3c1O[C@H]1CCC[C@H]4[C@H](C2)N(C)CC[C@]314. The van der Waals surface area contributed by atoms with Crippen molar-refractivity contribution in [1.29, 1.82) is 0 Å². The van der Waals surface area contributed by atoms with Gasteiger partial charge < -0.3 is 14.4 Å². The zero-order valence-corrected chi connectivity index (χ0v) is 12.9. The molecule has 0 amide bonds. The molecule has 4 atom stereocenters. The molecule has 5 rings (SSSR count). The topological polar surface area (TPSA) is 21.7 Å². The lowest BCUT2D eigenvalue weighted by Crippen LogP contribution is -2.63. The van der Waals surface area contributed by atoms with Gasteiger partial charge >= 0.3 is 0 Å². The molecule has 0 aromatic heterocycles. The summed E-state index contributed by atoms with van der Waals surface area (Å²) < 4.78 is 12.1. The Morgan fingerprint density at radius 3 is 3.10 bits per heavy atom. The molecule has 1 saturated heterocycles. The Morgan fingerprint density at radius 1 is 1.33 bits per heavy atom. The van der Waals surface area contributed by atoms with Crippen molar-refractivity contribution in [2.45, 2.75) is 49.7 Å². The Morgan fingerprint density at radius 2 is 2.24 bits per heavy atom. The second-order valence-corrected chi connectivity index (χ2v) is 7.32. The van der Waals surface area contributed by atoms with Crippen LogP contribution in [0.25, 0.3) is 0 Å². The van der Waals surface area contributed by atoms with Crippen LogP contribution in [0.3, 0.4) is 0 Å². The van der Waals surface area contributed by atoms with Crippen LogP contribution in [0.1, 0.15) is 36.8 Å². The smallest absolute Gasteiger partial charge is 0.165 e. The highest BCUT2D eigenvalue weighted by atomic mass is 16.5. The van der Waals surface area contributed by atoms with Crippen LogP contribution in [0.15, 0.2) is 12.1 Å². The lowest BCUT2D eigenvalue weighted by atomic mass is 9.52. The number of likely N-dealkylation sites (N-methyl/N-ethyl adjacent to an activating group) is 1. The van der Waals surface area contributed by atoms with Gasteiger partial charge in [0.1, 0.15) is 6.10 Å². The highest BCUT2D eigenvalue weighted by Gasteiger charge is 2.62. The van der Waals surface area contributed by atoms with Crippen molar-refractivity contribution in [3.05, 3.63) is 23.3 Å². The van der Waals surface area contributed by atoms with Crippen molar-refractivity contribution >= 4 is 0 Å². The number of benzene rings is 1. The van der Waals surface area contributed by atoms with Crippen LogP contribution in [0.4, 0.5) is 0 Å². The molecular weight excluding hydrogens is 262 g/mol. The minimum absolute atomic E-state index is 0.285. The largest absolute Gasteiger partial charge is 0.493 e. The number of hydrogen-bond donors (Lipinski definition) is 0. The quantitative estimate of drug-likeness (QED) is 0.792. The third kappa shape index (κ3) is 1.30. The molecule has 3 heteroatoms. The van der Waals surface area contributed by atoms with Crippen LogP contribution < -0.4 is 9.47 Å². The third-order valence-electron chi connectivity index (χ3n) is 6.71. The van der Waals surface area contributed by atoms with Gasteiger partial charge in [0.05, 0.1) is 7.11 Å². The van der Waals surface area contributed by atoms with E-state index in [2.05, 4.69) is 24.1 Å². The summed E-state index contributed by atoms with van der Waals surface area (Å²) in [4.78, 5) is 2.60. The number of hydrogen-bond acceptors (Lipinski definition) is 3. The van der Waals surface area contributed by atoms with Crippen molar-refractivity contribution in [2.24, 2.45) is 5.92 Å². The lowest BCUT2D eigenvalue weighted by Gasteiger charge is -2.57. The molecule has 4 aliphatic rings. The van der Waals surface area contributed by atoms with Crippen LogP contribution >= 0.6 is 0 Å². The van der Waals surface area contributed by atoms with Crippen LogP contribution in [0.5, 0.6) is 11.5 Å². The molecule has 21 heavy (non-hydrogen) atoms. The first kappa shape index (κ1) is 12.3. The molecule has 2 aliphatic carbocycles. The van der Waals surface area contributed by atoms with Crippen LogP contribution in [-0.2, 0) is 11.8 Å². The highest BCUT2D eigenvalue weighted by molar-refractivity contribution is 5.60. The van der Waals surface area contributed by atoms with Gasteiger partial charge in [-0.2, -0.15) is 0 Å². The van der Waals surface area contributed by atoms with Gasteiger partial charge in [0, 0.05) is 17.0 Å². The predicted octanol–water partition coefficient (Wildman–Crippen LogP) is 2.75. The normalized spacial score (nSPS) is 39.6. The molecule has 1 spiro atoms. The molecular formula is C18H23NO2. The van der Waals surface area contributed by atoms with E-state index < -0.39 is 0 Å². The Kier molecular flexibility index (Phi) is 2.32. The van der Waals surface area contributed by atoms with Gasteiger partial charge in [-0.3, -0.25) is 0 Å². The van der Waals surface area contributed by atoms with Gasteiger partial charge in [-0.1, -0.05) is 6.07 Å². The second-order valence-electron chi connectivity index (χ2n) is 7.32. The zero-order chi connectivity index (χ0) is 14.2. The Hall–Kier alpha value is -1.22. The van der Waals surface area contributed by atoms with Crippen LogP contribution in [0.2, 0.25) is 0 Å². The molecule has 112 valence electrons. The first-order valence-electron chi connectivity index (χ1n) is 8.33. The molecule has 2 fully saturated rings. The maximum absolute atomic E-state index is 6.49. The molecule has 0 unspecified atom stereocenters. The molecule has 2 aliphatic heterocycles. The Labute approximate surface area is 126 Å². The molecule has 0 radical (unpaired) electrons. The van der Waals surface area contributed by atoms with E-state index in [1.54, 1.807) is 7.11 Å². The van der Waals surface area contributed by atoms with E-state index >= 15 is 0 Å². The van der Waals surface area contributed by atoms with Gasteiger partial charge in [0.25, 0.3) is 0 Å². The van der Waals surface area contributed by atoms with E-state index in [0.29, 0.717) is 12.1 Å². The summed E-state index contributed by atoms with van der Waals surface area (Å²) in [5.41, 5.74) is 3.33. The summed E-state index contributed by atoms with van der Waals surface area (Å²) in [6.07, 6.45) is 6.72. The minimum Gasteiger partial charge on any atom is -0.493 e. The van der Waals surface area contributed by atoms with Crippen molar-refractivity contribution in [2.75, 3.05) is 20.7 Å². The van der Waals surface area contributed by atoms with E-state index in [1.807, 2.05) is 0 Å². The number of piperidine rings is 1. The summed E-state index contributed by atoms with van der Waals surface area (Å²) in [6, 6.07) is 5.11. The lowest BCUT2D eigenvalue weighted by molar-refractivity contribution is -0.0426. The molecule has 1 saturated carbocycles. The van der Waals surface area contributed by atoms with E-state index in [1.165, 1.54) is 49.8 Å². The average molecular weight is 285 g/mol. The summed E-state index contributed by atoms with van der Waals surface area (Å²) in [6.45, 7) is 1.21. The molecule has 1 aromatic carbocycles. The molecule has 2 bridgehead atoms. The number of rotatable bonds is 1. The Balaban J connectivity index is 1.79. The molecule has 0 N–H and O–H groups in total. The first-order chi connectivity index (χ1) is 10.3. The number of nitrogens with zero attached hydrogens (tertiary/aromatic N) is 1. The van der Waals surface area contributed by atoms with Crippen molar-refractivity contribution in [3.63, 3.8) is 0 Å². The summed E-state index contributed by atoms with van der Waals surface area (Å²) in [5.74, 6) is 2.79. The average Bonchev–Trinajstić information content (AvgIpc) is 2.84. The fraction of sp³-hybridized carbons (Fsp3) is 0.667. The minimum atomic E-state index is 0.285. The van der Waals surface area contributed by atoms with E-state index in [4.69, 9.17) is 9.47 Å². The zero-order valence-electron chi connectivity index (χ0n) is 12.9. The predicted molar refractivity (Wildman–Crippen MR) is 81.2 cm³/mol. The third-order valence-corrected chi connectivity index (χ3v) is 6.71. The van der Waals surface area contributed by atoms with Gasteiger partial charge in [-0.25, -0.2) is 0 Å². The summed E-state index contributed by atoms with van der Waals surface area (Å²) in [5, 5.41) is 0. The number of ether oxygens (including phenoxy) is 2. The highest BCUT2D eigenvalue weighted by Crippen LogP contribution is 2.63. The van der Waals surface area contributed by atoms with Gasteiger partial charge in [-0.05, 0) is 63.2 Å². The van der Waals surface area contributed by atoms with Crippen molar-refractivity contribution in [1.82, 2.24) is 4.90 Å². The summed E-state index contributed by atoms with van der Waals surface area (Å²) in [7, 11) is 4.07. The van der Waals surface area contributed by atoms with Crippen LogP contribution in [-0.4, -0.2) is 37.7 Å². The monoisotopic (exact) mass is 285 g/mol. The molecule has 3 nitrogen and oxygen atoms in total. The van der Waals surface area contributed by atoms with E-state index in [9.17, 15) is 0 Å². The van der Waals surface area contributed by atoms with Crippen molar-refractivity contribution in [3.8, 4) is 11.5 Å². The fourth-order valence-corrected chi connectivity index (χ4v) is 5.86. The first-order valence-corrected chi connectivity index (χ1v) is 8.33. The molecule has 1 aromatic rings. The standard InChI is InChI=1S/C18H23NO2/c1-19-9-8-18-12-4-3-5-15(18)21-17-14(20-2)7-6-11(16(17)18)10-13(12)19/h6-7,12-13,15H,3-5,8-10H2,1-2H3/t12-,13-,15-,18+/m0/s1. The second kappa shape index (κ2) is 3.95. The maximum Gasteiger partial charge on any atom is 0.165 e. The van der Waals surface area contributed by atoms with E-state index in [-0.39, 0.29) is 5.41 Å². The number of methoxy groups -OCH3 is 1. The van der Waals surface area contributed by atoms with Gasteiger partial charge in [-0.15, -0.1) is 0 Å². The fourth-order valence-electron chi connectivity index (χ4n) is 5.86. The number of likely N-dealkylation sites (tertiary alicyclic amines) is 1. The maximum atomic E-state index is 6.49. The summed E-state index contributed by atoms with van der Waals surface area (Å²) >= 11 is 0. The Bertz CT molecular complexity index is 613.